The molecule has 2 aromatic carbocycles. The summed E-state index contributed by atoms with van der Waals surface area (Å²) in [4.78, 5) is 17.9. The molecule has 0 saturated carbocycles. The van der Waals surface area contributed by atoms with Crippen molar-refractivity contribution in [3.05, 3.63) is 77.7 Å². The van der Waals surface area contributed by atoms with Crippen molar-refractivity contribution in [3.8, 4) is 22.8 Å². The third kappa shape index (κ3) is 4.18. The first-order valence-corrected chi connectivity index (χ1v) is 10.0. The highest BCUT2D eigenvalue weighted by atomic mass is 16.5. The summed E-state index contributed by atoms with van der Waals surface area (Å²) in [6.45, 7) is 3.63. The Morgan fingerprint density at radius 2 is 1.84 bits per heavy atom. The predicted molar refractivity (Wildman–Crippen MR) is 123 cm³/mol. The lowest BCUT2D eigenvalue weighted by Gasteiger charge is -2.13. The fourth-order valence-corrected chi connectivity index (χ4v) is 3.39. The van der Waals surface area contributed by atoms with Crippen LogP contribution in [0.5, 0.6) is 11.5 Å². The van der Waals surface area contributed by atoms with Gasteiger partial charge in [-0.2, -0.15) is 5.10 Å². The Kier molecular flexibility index (Phi) is 5.89. The van der Waals surface area contributed by atoms with E-state index in [1.165, 1.54) is 0 Å². The van der Waals surface area contributed by atoms with Crippen LogP contribution in [0, 0.1) is 6.92 Å². The SMILES string of the molecule is COc1ccc(-c2cc(C(=O)NN=C(C)c3ccc(C)o3)c3ccccc3n2)c(OC)c1. The van der Waals surface area contributed by atoms with Gasteiger partial charge in [-0.15, -0.1) is 0 Å². The summed E-state index contributed by atoms with van der Waals surface area (Å²) in [6.07, 6.45) is 0. The van der Waals surface area contributed by atoms with E-state index in [4.69, 9.17) is 18.9 Å². The zero-order chi connectivity index (χ0) is 22.7. The molecule has 1 N–H and O–H groups in total. The molecule has 2 heterocycles. The fourth-order valence-electron chi connectivity index (χ4n) is 3.39. The molecule has 0 unspecified atom stereocenters. The lowest BCUT2D eigenvalue weighted by Crippen LogP contribution is -2.20. The van der Waals surface area contributed by atoms with Gasteiger partial charge in [-0.25, -0.2) is 10.4 Å². The van der Waals surface area contributed by atoms with Crippen molar-refractivity contribution in [2.45, 2.75) is 13.8 Å². The first-order valence-electron chi connectivity index (χ1n) is 10.0. The Balaban J connectivity index is 1.75. The third-order valence-corrected chi connectivity index (χ3v) is 5.07. The van der Waals surface area contributed by atoms with E-state index in [-0.39, 0.29) is 5.91 Å². The highest BCUT2D eigenvalue weighted by Gasteiger charge is 2.16. The molecule has 0 fully saturated rings. The number of hydrogen-bond donors (Lipinski definition) is 1. The number of methoxy groups -OCH3 is 2. The molecule has 2 aromatic heterocycles. The average molecular weight is 429 g/mol. The van der Waals surface area contributed by atoms with E-state index in [1.54, 1.807) is 33.3 Å². The summed E-state index contributed by atoms with van der Waals surface area (Å²) < 4.78 is 16.4. The summed E-state index contributed by atoms with van der Waals surface area (Å²) in [6, 6.07) is 18.4. The summed E-state index contributed by atoms with van der Waals surface area (Å²) >= 11 is 0. The molecule has 4 aromatic rings. The van der Waals surface area contributed by atoms with Gasteiger partial charge in [-0.05, 0) is 50.2 Å². The minimum absolute atomic E-state index is 0.347. The van der Waals surface area contributed by atoms with Gasteiger partial charge in [0, 0.05) is 17.0 Å². The maximum atomic E-state index is 13.1. The van der Waals surface area contributed by atoms with Crippen LogP contribution in [-0.4, -0.2) is 30.8 Å². The van der Waals surface area contributed by atoms with Crippen LogP contribution in [0.25, 0.3) is 22.2 Å². The van der Waals surface area contributed by atoms with E-state index in [2.05, 4.69) is 10.5 Å². The number of carbonyl (C=O) groups excluding carboxylic acids is 1. The molecule has 0 spiro atoms. The van der Waals surface area contributed by atoms with Gasteiger partial charge in [-0.3, -0.25) is 4.79 Å². The van der Waals surface area contributed by atoms with Gasteiger partial charge in [0.2, 0.25) is 0 Å². The molecule has 32 heavy (non-hydrogen) atoms. The number of carbonyl (C=O) groups is 1. The Morgan fingerprint density at radius 1 is 1.03 bits per heavy atom. The first kappa shape index (κ1) is 21.1. The van der Waals surface area contributed by atoms with Crippen molar-refractivity contribution in [2.75, 3.05) is 14.2 Å². The van der Waals surface area contributed by atoms with E-state index in [0.717, 1.165) is 16.7 Å². The van der Waals surface area contributed by atoms with Gasteiger partial charge in [0.25, 0.3) is 5.91 Å². The van der Waals surface area contributed by atoms with Crippen LogP contribution in [-0.2, 0) is 0 Å². The monoisotopic (exact) mass is 429 g/mol. The van der Waals surface area contributed by atoms with Gasteiger partial charge in [0.15, 0.2) is 0 Å². The predicted octanol–water partition coefficient (Wildman–Crippen LogP) is 4.97. The number of benzene rings is 2. The minimum atomic E-state index is -0.347. The lowest BCUT2D eigenvalue weighted by molar-refractivity contribution is 0.0956. The van der Waals surface area contributed by atoms with Crippen molar-refractivity contribution >= 4 is 22.5 Å². The summed E-state index contributed by atoms with van der Waals surface area (Å²) in [7, 11) is 3.18. The molecule has 4 rings (SSSR count). The Morgan fingerprint density at radius 3 is 2.56 bits per heavy atom. The second-order valence-corrected chi connectivity index (χ2v) is 7.19. The fraction of sp³-hybridized carbons (Fsp3) is 0.160. The Labute approximate surface area is 185 Å². The van der Waals surface area contributed by atoms with Gasteiger partial charge in [0.05, 0.1) is 31.0 Å². The number of nitrogens with one attached hydrogen (secondary N) is 1. The highest BCUT2D eigenvalue weighted by Crippen LogP contribution is 2.34. The van der Waals surface area contributed by atoms with Crippen LogP contribution in [0.2, 0.25) is 0 Å². The molecule has 0 radical (unpaired) electrons. The van der Waals surface area contributed by atoms with E-state index < -0.39 is 0 Å². The molecule has 0 aliphatic carbocycles. The van der Waals surface area contributed by atoms with Crippen LogP contribution in [0.15, 0.2) is 70.2 Å². The number of rotatable bonds is 6. The lowest BCUT2D eigenvalue weighted by atomic mass is 10.0. The van der Waals surface area contributed by atoms with Crippen molar-refractivity contribution in [2.24, 2.45) is 5.10 Å². The number of hydrazone groups is 1. The number of para-hydroxylation sites is 1. The second-order valence-electron chi connectivity index (χ2n) is 7.19. The summed E-state index contributed by atoms with van der Waals surface area (Å²) in [5.41, 5.74) is 5.71. The van der Waals surface area contributed by atoms with E-state index in [9.17, 15) is 4.79 Å². The van der Waals surface area contributed by atoms with Crippen LogP contribution in [0.3, 0.4) is 0 Å². The van der Waals surface area contributed by atoms with Crippen molar-refractivity contribution in [1.29, 1.82) is 0 Å². The van der Waals surface area contributed by atoms with Crippen molar-refractivity contribution in [3.63, 3.8) is 0 Å². The number of aryl methyl sites for hydroxylation is 1. The number of furan rings is 1. The number of amides is 1. The van der Waals surface area contributed by atoms with E-state index >= 15 is 0 Å². The summed E-state index contributed by atoms with van der Waals surface area (Å²) in [5, 5.41) is 4.94. The smallest absolute Gasteiger partial charge is 0.272 e. The number of hydrogen-bond acceptors (Lipinski definition) is 6. The first-order chi connectivity index (χ1) is 15.5. The Bertz CT molecular complexity index is 1320. The molecule has 1 amide bonds. The molecular formula is C25H23N3O4. The number of ether oxygens (including phenoxy) is 2. The molecule has 0 aliphatic heterocycles. The molecule has 0 bridgehead atoms. The van der Waals surface area contributed by atoms with Gasteiger partial charge in [0.1, 0.15) is 28.7 Å². The van der Waals surface area contributed by atoms with E-state index in [0.29, 0.717) is 39.7 Å². The number of nitrogens with zero attached hydrogens (tertiary/aromatic N) is 2. The third-order valence-electron chi connectivity index (χ3n) is 5.07. The van der Waals surface area contributed by atoms with Gasteiger partial charge < -0.3 is 13.9 Å². The number of aromatic nitrogens is 1. The number of pyridine rings is 1. The van der Waals surface area contributed by atoms with Crippen molar-refractivity contribution in [1.82, 2.24) is 10.4 Å². The highest BCUT2D eigenvalue weighted by molar-refractivity contribution is 6.08. The molecule has 0 atom stereocenters. The Hall–Kier alpha value is -4.13. The van der Waals surface area contributed by atoms with Crippen LogP contribution >= 0.6 is 0 Å². The average Bonchev–Trinajstić information content (AvgIpc) is 3.27. The maximum absolute atomic E-state index is 13.1. The molecule has 7 heteroatoms. The topological polar surface area (TPSA) is 86.0 Å². The largest absolute Gasteiger partial charge is 0.497 e. The molecule has 0 saturated heterocycles. The quantitative estimate of drug-likeness (QED) is 0.345. The van der Waals surface area contributed by atoms with Gasteiger partial charge >= 0.3 is 0 Å². The van der Waals surface area contributed by atoms with Crippen LogP contribution in [0.4, 0.5) is 0 Å². The molecular weight excluding hydrogens is 406 g/mol. The number of fused-ring (bicyclic) bond motifs is 1. The standard InChI is InChI=1S/C25H23N3O4/c1-15-9-12-23(32-15)16(2)27-28-25(29)20-14-22(26-21-8-6-5-7-18(20)21)19-11-10-17(30-3)13-24(19)31-4/h5-14H,1-4H3,(H,28,29). The van der Waals surface area contributed by atoms with Gasteiger partial charge in [-0.1, -0.05) is 18.2 Å². The van der Waals surface area contributed by atoms with Crippen molar-refractivity contribution < 1.29 is 18.7 Å². The molecule has 0 aliphatic rings. The minimum Gasteiger partial charge on any atom is -0.497 e. The summed E-state index contributed by atoms with van der Waals surface area (Å²) in [5.74, 6) is 2.30. The van der Waals surface area contributed by atoms with Crippen LogP contribution in [0.1, 0.15) is 28.8 Å². The van der Waals surface area contributed by atoms with E-state index in [1.807, 2.05) is 55.5 Å². The zero-order valence-corrected chi connectivity index (χ0v) is 18.3. The van der Waals surface area contributed by atoms with Crippen LogP contribution < -0.4 is 14.9 Å². The normalized spacial score (nSPS) is 11.4. The molecule has 162 valence electrons. The molecule has 7 nitrogen and oxygen atoms in total. The zero-order valence-electron chi connectivity index (χ0n) is 18.3. The second kappa shape index (κ2) is 8.93. The maximum Gasteiger partial charge on any atom is 0.272 e.